The van der Waals surface area contributed by atoms with Crippen molar-refractivity contribution in [1.82, 2.24) is 20.4 Å². The molecule has 21 heavy (non-hydrogen) atoms. The summed E-state index contributed by atoms with van der Waals surface area (Å²) < 4.78 is 1.81. The molecule has 0 bridgehead atoms. The highest BCUT2D eigenvalue weighted by Crippen LogP contribution is 2.13. The molecule has 0 fully saturated rings. The number of hydrogen-bond donors (Lipinski definition) is 2. The zero-order valence-electron chi connectivity index (χ0n) is 14.3. The minimum absolute atomic E-state index is 0.0323. The number of nitrogens with one attached hydrogen (secondary N) is 2. The maximum absolute atomic E-state index is 12.0. The average molecular weight is 294 g/mol. The molecule has 1 atom stereocenters. The smallest absolute Gasteiger partial charge is 0.241 e. The second kappa shape index (κ2) is 8.17. The third-order valence-electron chi connectivity index (χ3n) is 3.64. The monoisotopic (exact) mass is 294 g/mol. The summed E-state index contributed by atoms with van der Waals surface area (Å²) in [6.07, 6.45) is 2.08. The first-order valence-electron chi connectivity index (χ1n) is 7.90. The summed E-state index contributed by atoms with van der Waals surface area (Å²) in [7, 11) is 0. The van der Waals surface area contributed by atoms with Crippen molar-refractivity contribution in [1.29, 1.82) is 0 Å². The van der Waals surface area contributed by atoms with Crippen LogP contribution >= 0.6 is 0 Å². The fourth-order valence-electron chi connectivity index (χ4n) is 2.41. The van der Waals surface area contributed by atoms with Crippen molar-refractivity contribution in [3.8, 4) is 0 Å². The van der Waals surface area contributed by atoms with Crippen LogP contribution in [0.3, 0.4) is 0 Å². The Bertz CT molecular complexity index is 465. The van der Waals surface area contributed by atoms with Crippen LogP contribution in [0.5, 0.6) is 0 Å². The van der Waals surface area contributed by atoms with E-state index in [4.69, 9.17) is 0 Å². The summed E-state index contributed by atoms with van der Waals surface area (Å²) in [5, 5.41) is 10.9. The van der Waals surface area contributed by atoms with Gasteiger partial charge in [-0.25, -0.2) is 0 Å². The first-order chi connectivity index (χ1) is 9.85. The van der Waals surface area contributed by atoms with E-state index in [1.54, 1.807) is 4.68 Å². The molecule has 5 nitrogen and oxygen atoms in total. The van der Waals surface area contributed by atoms with Gasteiger partial charge in [-0.1, -0.05) is 27.2 Å². The van der Waals surface area contributed by atoms with Crippen molar-refractivity contribution in [2.24, 2.45) is 0 Å². The number of hydrogen-bond acceptors (Lipinski definition) is 3. The first kappa shape index (κ1) is 17.7. The number of aryl methyl sites for hydroxylation is 1. The predicted molar refractivity (Wildman–Crippen MR) is 86.2 cm³/mol. The number of amides is 1. The van der Waals surface area contributed by atoms with E-state index in [9.17, 15) is 4.79 Å². The molecule has 0 aliphatic rings. The lowest BCUT2D eigenvalue weighted by molar-refractivity contribution is -0.122. The van der Waals surface area contributed by atoms with Crippen LogP contribution in [-0.2, 0) is 17.9 Å². The zero-order valence-corrected chi connectivity index (χ0v) is 14.3. The van der Waals surface area contributed by atoms with Crippen LogP contribution in [0.4, 0.5) is 0 Å². The van der Waals surface area contributed by atoms with E-state index in [1.165, 1.54) is 5.56 Å². The van der Waals surface area contributed by atoms with Crippen molar-refractivity contribution in [2.75, 3.05) is 0 Å². The Morgan fingerprint density at radius 2 is 1.95 bits per heavy atom. The molecule has 0 spiro atoms. The molecule has 1 aromatic rings. The Labute approximate surface area is 128 Å². The number of nitrogens with zero attached hydrogens (tertiary/aromatic N) is 2. The summed E-state index contributed by atoms with van der Waals surface area (Å²) in [4.78, 5) is 12.0. The van der Waals surface area contributed by atoms with Crippen molar-refractivity contribution >= 4 is 5.91 Å². The standard InChI is InChI=1S/C16H30N4O/c1-7-8-12(4)18-16(21)10-20-14(6)15(13(5)19-20)9-17-11(2)3/h11-12,17H,7-10H2,1-6H3,(H,18,21). The Hall–Kier alpha value is -1.36. The van der Waals surface area contributed by atoms with Gasteiger partial charge < -0.3 is 10.6 Å². The minimum atomic E-state index is 0.0323. The van der Waals surface area contributed by atoms with E-state index in [2.05, 4.69) is 36.5 Å². The number of carbonyl (C=O) groups is 1. The van der Waals surface area contributed by atoms with Crippen molar-refractivity contribution in [3.05, 3.63) is 17.0 Å². The second-order valence-corrected chi connectivity index (χ2v) is 6.10. The Kier molecular flexibility index (Phi) is 6.89. The molecule has 0 aromatic carbocycles. The molecule has 1 amide bonds. The topological polar surface area (TPSA) is 59.0 Å². The molecule has 0 saturated heterocycles. The third kappa shape index (κ3) is 5.50. The molecular formula is C16H30N4O. The van der Waals surface area contributed by atoms with Crippen LogP contribution in [0.15, 0.2) is 0 Å². The van der Waals surface area contributed by atoms with Gasteiger partial charge in [-0.15, -0.1) is 0 Å². The van der Waals surface area contributed by atoms with E-state index in [0.717, 1.165) is 30.8 Å². The van der Waals surface area contributed by atoms with Gasteiger partial charge in [0.25, 0.3) is 0 Å². The van der Waals surface area contributed by atoms with Crippen LogP contribution in [0.2, 0.25) is 0 Å². The van der Waals surface area contributed by atoms with E-state index in [1.807, 2.05) is 20.8 Å². The van der Waals surface area contributed by atoms with Gasteiger partial charge in [0.15, 0.2) is 0 Å². The maximum atomic E-state index is 12.0. The molecule has 0 radical (unpaired) electrons. The fourth-order valence-corrected chi connectivity index (χ4v) is 2.41. The fraction of sp³-hybridized carbons (Fsp3) is 0.750. The van der Waals surface area contributed by atoms with E-state index >= 15 is 0 Å². The van der Waals surface area contributed by atoms with Gasteiger partial charge >= 0.3 is 0 Å². The van der Waals surface area contributed by atoms with Crippen molar-refractivity contribution in [3.63, 3.8) is 0 Å². The lowest BCUT2D eigenvalue weighted by atomic mass is 10.2. The molecular weight excluding hydrogens is 264 g/mol. The van der Waals surface area contributed by atoms with Gasteiger partial charge in [0.05, 0.1) is 5.69 Å². The van der Waals surface area contributed by atoms with E-state index < -0.39 is 0 Å². The summed E-state index contributed by atoms with van der Waals surface area (Å²) in [6, 6.07) is 0.659. The van der Waals surface area contributed by atoms with Gasteiger partial charge in [0, 0.05) is 29.9 Å². The lowest BCUT2D eigenvalue weighted by Crippen LogP contribution is -2.35. The Morgan fingerprint density at radius 3 is 2.52 bits per heavy atom. The molecule has 0 aliphatic heterocycles. The van der Waals surface area contributed by atoms with Gasteiger partial charge in [0.2, 0.25) is 5.91 Å². The highest BCUT2D eigenvalue weighted by Gasteiger charge is 2.14. The largest absolute Gasteiger partial charge is 0.352 e. The molecule has 5 heteroatoms. The van der Waals surface area contributed by atoms with Gasteiger partial charge in [-0.05, 0) is 27.2 Å². The van der Waals surface area contributed by atoms with E-state index in [0.29, 0.717) is 12.6 Å². The zero-order chi connectivity index (χ0) is 16.0. The maximum Gasteiger partial charge on any atom is 0.241 e. The van der Waals surface area contributed by atoms with Gasteiger partial charge in [-0.2, -0.15) is 5.10 Å². The summed E-state index contributed by atoms with van der Waals surface area (Å²) in [6.45, 7) is 13.5. The summed E-state index contributed by atoms with van der Waals surface area (Å²) in [5.74, 6) is 0.0323. The SMILES string of the molecule is CCCC(C)NC(=O)Cn1nc(C)c(CNC(C)C)c1C. The molecule has 1 unspecified atom stereocenters. The van der Waals surface area contributed by atoms with E-state index in [-0.39, 0.29) is 11.9 Å². The molecule has 120 valence electrons. The average Bonchev–Trinajstić information content (AvgIpc) is 2.62. The van der Waals surface area contributed by atoms with Gasteiger partial charge in [0.1, 0.15) is 6.54 Å². The summed E-state index contributed by atoms with van der Waals surface area (Å²) in [5.41, 5.74) is 3.26. The summed E-state index contributed by atoms with van der Waals surface area (Å²) >= 11 is 0. The predicted octanol–water partition coefficient (Wildman–Crippen LogP) is 2.30. The third-order valence-corrected chi connectivity index (χ3v) is 3.64. The Morgan fingerprint density at radius 1 is 1.29 bits per heavy atom. The first-order valence-corrected chi connectivity index (χ1v) is 7.90. The van der Waals surface area contributed by atoms with Gasteiger partial charge in [-0.3, -0.25) is 9.48 Å². The second-order valence-electron chi connectivity index (χ2n) is 6.10. The molecule has 1 aromatic heterocycles. The molecule has 1 rings (SSSR count). The van der Waals surface area contributed by atoms with Crippen LogP contribution in [0.25, 0.3) is 0 Å². The van der Waals surface area contributed by atoms with Crippen LogP contribution in [-0.4, -0.2) is 27.8 Å². The van der Waals surface area contributed by atoms with Crippen LogP contribution < -0.4 is 10.6 Å². The number of aromatic nitrogens is 2. The minimum Gasteiger partial charge on any atom is -0.352 e. The van der Waals surface area contributed by atoms with Crippen molar-refractivity contribution in [2.45, 2.75) is 79.6 Å². The quantitative estimate of drug-likeness (QED) is 0.773. The lowest BCUT2D eigenvalue weighted by Gasteiger charge is -2.13. The number of carbonyl (C=O) groups excluding carboxylic acids is 1. The number of rotatable bonds is 8. The molecule has 1 heterocycles. The van der Waals surface area contributed by atoms with Crippen LogP contribution in [0.1, 0.15) is 57.5 Å². The molecule has 0 saturated carbocycles. The highest BCUT2D eigenvalue weighted by molar-refractivity contribution is 5.76. The van der Waals surface area contributed by atoms with Crippen LogP contribution in [0, 0.1) is 13.8 Å². The molecule has 2 N–H and O–H groups in total. The highest BCUT2D eigenvalue weighted by atomic mass is 16.2. The Balaban J connectivity index is 2.67. The van der Waals surface area contributed by atoms with Crippen molar-refractivity contribution < 1.29 is 4.79 Å². The normalized spacial score (nSPS) is 12.7. The molecule has 0 aliphatic carbocycles.